The fourth-order valence-corrected chi connectivity index (χ4v) is 4.26. The van der Waals surface area contributed by atoms with Crippen LogP contribution in [0.2, 0.25) is 0 Å². The van der Waals surface area contributed by atoms with E-state index in [-0.39, 0.29) is 17.5 Å². The molecule has 10 nitrogen and oxygen atoms in total. The molecule has 0 saturated heterocycles. The summed E-state index contributed by atoms with van der Waals surface area (Å²) in [5.41, 5.74) is 2.89. The number of unbranched alkanes of at least 4 members (excludes halogenated alkanes) is 1. The molecule has 37 heavy (non-hydrogen) atoms. The zero-order valence-electron chi connectivity index (χ0n) is 22.3. The molecule has 1 aliphatic rings. The molecule has 0 atom stereocenters. The highest BCUT2D eigenvalue weighted by molar-refractivity contribution is 5.91. The van der Waals surface area contributed by atoms with Gasteiger partial charge in [0.1, 0.15) is 0 Å². The van der Waals surface area contributed by atoms with E-state index in [4.69, 9.17) is 5.10 Å². The molecule has 0 unspecified atom stereocenters. The Balaban J connectivity index is 1.44. The van der Waals surface area contributed by atoms with Gasteiger partial charge in [0.15, 0.2) is 5.69 Å². The van der Waals surface area contributed by atoms with Gasteiger partial charge in [0.25, 0.3) is 5.91 Å². The average molecular weight is 509 g/mol. The molecule has 0 aliphatic heterocycles. The summed E-state index contributed by atoms with van der Waals surface area (Å²) in [5, 5.41) is 20.5. The standard InChI is InChI=1S/C27H40N8O2/c1-4-21(2)32-34(19-22(3)30-26(36)17-23-11-5-6-12-23)15-9-10-16-35-20-25(31-33-35)27(37)29-18-24-13-7-8-14-28-24/h7-8,13-14,19-20,23H,4-6,9-12,15-18H2,1-3H3,(H,29,37)(H,30,36)/b22-19+,32-21-. The Morgan fingerprint density at radius 3 is 2.76 bits per heavy atom. The molecule has 2 amide bonds. The summed E-state index contributed by atoms with van der Waals surface area (Å²) in [6.07, 6.45) is 13.2. The van der Waals surface area contributed by atoms with Crippen LogP contribution in [0.5, 0.6) is 0 Å². The normalized spacial score (nSPS) is 14.6. The minimum Gasteiger partial charge on any atom is -0.345 e. The van der Waals surface area contributed by atoms with E-state index >= 15 is 0 Å². The number of nitrogens with zero attached hydrogens (tertiary/aromatic N) is 6. The molecule has 0 radical (unpaired) electrons. The molecule has 2 aromatic rings. The van der Waals surface area contributed by atoms with Crippen LogP contribution in [0, 0.1) is 5.92 Å². The minimum absolute atomic E-state index is 0.0860. The van der Waals surface area contributed by atoms with Crippen molar-refractivity contribution in [2.45, 2.75) is 85.2 Å². The lowest BCUT2D eigenvalue weighted by Gasteiger charge is -2.18. The lowest BCUT2D eigenvalue weighted by molar-refractivity contribution is -0.121. The van der Waals surface area contributed by atoms with Gasteiger partial charge in [-0.3, -0.25) is 24.3 Å². The van der Waals surface area contributed by atoms with E-state index in [1.807, 2.05) is 43.3 Å². The van der Waals surface area contributed by atoms with Crippen LogP contribution in [-0.4, -0.2) is 49.1 Å². The van der Waals surface area contributed by atoms with Crippen molar-refractivity contribution >= 4 is 17.5 Å². The van der Waals surface area contributed by atoms with Crippen molar-refractivity contribution in [1.29, 1.82) is 0 Å². The van der Waals surface area contributed by atoms with Crippen LogP contribution in [0.3, 0.4) is 0 Å². The SMILES string of the molecule is CC/C(C)=N\N(/C=C(\C)NC(=O)CC1CCCC1)CCCCn1cc(C(=O)NCc2ccccn2)nn1. The zero-order valence-corrected chi connectivity index (χ0v) is 22.3. The van der Waals surface area contributed by atoms with E-state index in [0.717, 1.165) is 49.2 Å². The first kappa shape index (κ1) is 28.0. The molecule has 0 bridgehead atoms. The number of hydrogen-bond donors (Lipinski definition) is 2. The van der Waals surface area contributed by atoms with Gasteiger partial charge in [0.2, 0.25) is 5.91 Å². The van der Waals surface area contributed by atoms with Crippen molar-refractivity contribution in [3.05, 3.63) is 53.9 Å². The zero-order chi connectivity index (χ0) is 26.5. The Kier molecular flexibility index (Phi) is 11.3. The van der Waals surface area contributed by atoms with Gasteiger partial charge in [-0.2, -0.15) is 5.10 Å². The maximum Gasteiger partial charge on any atom is 0.273 e. The second kappa shape index (κ2) is 14.9. The van der Waals surface area contributed by atoms with Gasteiger partial charge in [-0.25, -0.2) is 0 Å². The number of carbonyl (C=O) groups is 2. The Morgan fingerprint density at radius 1 is 1.22 bits per heavy atom. The third kappa shape index (κ3) is 10.1. The van der Waals surface area contributed by atoms with Gasteiger partial charge in [0, 0.05) is 43.3 Å². The highest BCUT2D eigenvalue weighted by Gasteiger charge is 2.18. The smallest absolute Gasteiger partial charge is 0.273 e. The fourth-order valence-electron chi connectivity index (χ4n) is 4.26. The molecule has 2 aromatic heterocycles. The number of hydrogen-bond acceptors (Lipinski definition) is 7. The Bertz CT molecular complexity index is 1060. The summed E-state index contributed by atoms with van der Waals surface area (Å²) in [5.74, 6) is 0.333. The largest absolute Gasteiger partial charge is 0.345 e. The third-order valence-electron chi connectivity index (χ3n) is 6.39. The van der Waals surface area contributed by atoms with Gasteiger partial charge in [-0.05, 0) is 64.0 Å². The van der Waals surface area contributed by atoms with Crippen molar-refractivity contribution in [2.75, 3.05) is 6.54 Å². The number of nitrogens with one attached hydrogen (secondary N) is 2. The Morgan fingerprint density at radius 2 is 2.03 bits per heavy atom. The molecular weight excluding hydrogens is 468 g/mol. The number of hydrazone groups is 1. The van der Waals surface area contributed by atoms with Crippen LogP contribution in [0.4, 0.5) is 0 Å². The van der Waals surface area contributed by atoms with Gasteiger partial charge in [0.05, 0.1) is 18.4 Å². The predicted molar refractivity (Wildman–Crippen MR) is 143 cm³/mol. The van der Waals surface area contributed by atoms with Crippen LogP contribution in [0.1, 0.15) is 88.3 Å². The number of aromatic nitrogens is 4. The van der Waals surface area contributed by atoms with Crippen LogP contribution >= 0.6 is 0 Å². The number of rotatable bonds is 14. The fraction of sp³-hybridized carbons (Fsp3) is 0.556. The van der Waals surface area contributed by atoms with Gasteiger partial charge < -0.3 is 10.6 Å². The van der Waals surface area contributed by atoms with Crippen molar-refractivity contribution in [1.82, 2.24) is 35.6 Å². The summed E-state index contributed by atoms with van der Waals surface area (Å²) in [7, 11) is 0. The second-order valence-electron chi connectivity index (χ2n) is 9.64. The summed E-state index contributed by atoms with van der Waals surface area (Å²) in [6, 6.07) is 5.57. The molecule has 2 N–H and O–H groups in total. The second-order valence-corrected chi connectivity index (χ2v) is 9.64. The van der Waals surface area contributed by atoms with Crippen molar-refractivity contribution in [2.24, 2.45) is 11.0 Å². The third-order valence-corrected chi connectivity index (χ3v) is 6.39. The Labute approximate surface area is 219 Å². The number of pyridine rings is 1. The first-order chi connectivity index (χ1) is 17.9. The number of aryl methyl sites for hydroxylation is 1. The van der Waals surface area contributed by atoms with Crippen LogP contribution in [-0.2, 0) is 17.9 Å². The predicted octanol–water partition coefficient (Wildman–Crippen LogP) is 4.03. The van der Waals surface area contributed by atoms with Gasteiger partial charge in [-0.15, -0.1) is 5.10 Å². The highest BCUT2D eigenvalue weighted by atomic mass is 16.2. The molecule has 2 heterocycles. The topological polar surface area (TPSA) is 117 Å². The molecule has 1 fully saturated rings. The molecule has 3 rings (SSSR count). The van der Waals surface area contributed by atoms with Crippen molar-refractivity contribution < 1.29 is 9.59 Å². The number of carbonyl (C=O) groups excluding carboxylic acids is 2. The molecule has 10 heteroatoms. The van der Waals surface area contributed by atoms with Crippen LogP contribution in [0.25, 0.3) is 0 Å². The monoisotopic (exact) mass is 508 g/mol. The van der Waals surface area contributed by atoms with Crippen LogP contribution < -0.4 is 10.6 Å². The molecule has 1 aliphatic carbocycles. The first-order valence-electron chi connectivity index (χ1n) is 13.3. The van der Waals surface area contributed by atoms with Crippen molar-refractivity contribution in [3.8, 4) is 0 Å². The van der Waals surface area contributed by atoms with E-state index < -0.39 is 0 Å². The maximum absolute atomic E-state index is 12.4. The molecule has 0 spiro atoms. The summed E-state index contributed by atoms with van der Waals surface area (Å²) >= 11 is 0. The summed E-state index contributed by atoms with van der Waals surface area (Å²) < 4.78 is 1.69. The van der Waals surface area contributed by atoms with Crippen LogP contribution in [0.15, 0.2) is 47.6 Å². The Hall–Kier alpha value is -3.56. The lowest BCUT2D eigenvalue weighted by Crippen LogP contribution is -2.25. The number of amides is 2. The molecule has 200 valence electrons. The maximum atomic E-state index is 12.4. The summed E-state index contributed by atoms with van der Waals surface area (Å²) in [4.78, 5) is 28.9. The molecular formula is C27H40N8O2. The van der Waals surface area contributed by atoms with E-state index in [1.165, 1.54) is 12.8 Å². The lowest BCUT2D eigenvalue weighted by atomic mass is 10.0. The minimum atomic E-state index is -0.275. The van der Waals surface area contributed by atoms with Gasteiger partial charge >= 0.3 is 0 Å². The van der Waals surface area contributed by atoms with E-state index in [9.17, 15) is 9.59 Å². The molecule has 0 aromatic carbocycles. The quantitative estimate of drug-likeness (QED) is 0.226. The van der Waals surface area contributed by atoms with E-state index in [2.05, 4.69) is 32.9 Å². The highest BCUT2D eigenvalue weighted by Crippen LogP contribution is 2.27. The molecule has 1 saturated carbocycles. The first-order valence-corrected chi connectivity index (χ1v) is 13.3. The average Bonchev–Trinajstić information content (AvgIpc) is 3.58. The van der Waals surface area contributed by atoms with E-state index in [0.29, 0.717) is 32.0 Å². The van der Waals surface area contributed by atoms with Crippen molar-refractivity contribution in [3.63, 3.8) is 0 Å². The van der Waals surface area contributed by atoms with Gasteiger partial charge in [-0.1, -0.05) is 31.0 Å². The van der Waals surface area contributed by atoms with E-state index in [1.54, 1.807) is 17.1 Å². The summed E-state index contributed by atoms with van der Waals surface area (Å²) in [6.45, 7) is 7.68. The number of allylic oxidation sites excluding steroid dienone is 1.